The molecule has 12 nitrogen and oxygen atoms in total. The number of H-pyrrole nitrogens is 1. The van der Waals surface area contributed by atoms with Gasteiger partial charge in [-0.2, -0.15) is 5.10 Å². The lowest BCUT2D eigenvalue weighted by atomic mass is 10.1. The molecule has 2 saturated heterocycles. The van der Waals surface area contributed by atoms with Crippen LogP contribution in [0.3, 0.4) is 0 Å². The highest BCUT2D eigenvalue weighted by Gasteiger charge is 2.34. The van der Waals surface area contributed by atoms with Crippen LogP contribution in [0.25, 0.3) is 42.9 Å². The van der Waals surface area contributed by atoms with Crippen LogP contribution in [0.1, 0.15) is 58.1 Å². The molecule has 57 heavy (non-hydrogen) atoms. The fourth-order valence-corrected chi connectivity index (χ4v) is 9.57. The second kappa shape index (κ2) is 15.7. The van der Waals surface area contributed by atoms with Crippen molar-refractivity contribution in [2.24, 2.45) is 0 Å². The largest absolute Gasteiger partial charge is 0.333 e. The van der Waals surface area contributed by atoms with Crippen LogP contribution in [0, 0.1) is 0 Å². The minimum Gasteiger partial charge on any atom is -0.333 e. The number of aromatic nitrogens is 4. The Kier molecular flexibility index (Phi) is 10.0. The average Bonchev–Trinajstić information content (AvgIpc) is 4.08. The summed E-state index contributed by atoms with van der Waals surface area (Å²) >= 11 is 2.78. The van der Waals surface area contributed by atoms with E-state index in [1.54, 1.807) is 9.80 Å². The number of hydrogen-bond acceptors (Lipinski definition) is 9. The quantitative estimate of drug-likeness (QED) is 0.126. The van der Waals surface area contributed by atoms with Crippen molar-refractivity contribution < 1.29 is 19.2 Å². The molecule has 0 saturated carbocycles. The van der Waals surface area contributed by atoms with Crippen molar-refractivity contribution >= 4 is 78.1 Å². The van der Waals surface area contributed by atoms with Gasteiger partial charge in [0.25, 0.3) is 11.8 Å². The molecule has 2 aliphatic heterocycles. The number of fused-ring (bicyclic) bond motifs is 2. The van der Waals surface area contributed by atoms with E-state index in [4.69, 9.17) is 0 Å². The molecular formula is C43H38N8O4S2. The van der Waals surface area contributed by atoms with Crippen LogP contribution in [0.5, 0.6) is 0 Å². The first-order valence-corrected chi connectivity index (χ1v) is 20.7. The molecule has 4 amide bonds. The molecule has 2 atom stereocenters. The maximum Gasteiger partial charge on any atom is 0.283 e. The number of likely N-dealkylation sites (tertiary alicyclic amines) is 2. The molecule has 2 fully saturated rings. The second-order valence-electron chi connectivity index (χ2n) is 14.4. The first-order valence-electron chi connectivity index (χ1n) is 19.0. The number of hydrogen-bond donors (Lipinski definition) is 3. The van der Waals surface area contributed by atoms with Crippen molar-refractivity contribution in [2.75, 3.05) is 23.7 Å². The first kappa shape index (κ1) is 36.4. The molecule has 4 aromatic carbocycles. The van der Waals surface area contributed by atoms with E-state index in [-0.39, 0.29) is 48.6 Å². The van der Waals surface area contributed by atoms with Gasteiger partial charge in [-0.3, -0.25) is 24.3 Å². The van der Waals surface area contributed by atoms with Gasteiger partial charge in [0.2, 0.25) is 11.8 Å². The van der Waals surface area contributed by atoms with Gasteiger partial charge in [0.05, 0.1) is 31.8 Å². The van der Waals surface area contributed by atoms with Gasteiger partial charge in [0.1, 0.15) is 0 Å². The zero-order valence-corrected chi connectivity index (χ0v) is 32.4. The first-order chi connectivity index (χ1) is 27.8. The number of nitrogens with zero attached hydrogens (tertiary/aromatic N) is 5. The van der Waals surface area contributed by atoms with Crippen molar-refractivity contribution in [2.45, 2.75) is 50.6 Å². The van der Waals surface area contributed by atoms with E-state index >= 15 is 0 Å². The number of rotatable bonds is 10. The molecule has 3 N–H and O–H groups in total. The lowest BCUT2D eigenvalue weighted by molar-refractivity contribution is -0.117. The van der Waals surface area contributed by atoms with E-state index in [1.165, 1.54) is 22.7 Å². The Labute approximate surface area is 336 Å². The lowest BCUT2D eigenvalue weighted by Gasteiger charge is -2.23. The molecule has 2 aliphatic rings. The monoisotopic (exact) mass is 794 g/mol. The molecule has 9 rings (SSSR count). The van der Waals surface area contributed by atoms with Crippen LogP contribution in [0.15, 0.2) is 103 Å². The van der Waals surface area contributed by atoms with Crippen LogP contribution >= 0.6 is 22.7 Å². The normalized spacial score (nSPS) is 16.7. The maximum atomic E-state index is 13.3. The highest BCUT2D eigenvalue weighted by molar-refractivity contribution is 7.20. The lowest BCUT2D eigenvalue weighted by Crippen LogP contribution is -2.37. The number of amides is 4. The van der Waals surface area contributed by atoms with E-state index < -0.39 is 0 Å². The van der Waals surface area contributed by atoms with Gasteiger partial charge in [0.15, 0.2) is 10.0 Å². The summed E-state index contributed by atoms with van der Waals surface area (Å²) < 4.78 is 1.95. The van der Waals surface area contributed by atoms with E-state index in [0.717, 1.165) is 68.6 Å². The van der Waals surface area contributed by atoms with Crippen LogP contribution in [0.2, 0.25) is 0 Å². The van der Waals surface area contributed by atoms with Crippen LogP contribution in [-0.4, -0.2) is 78.8 Å². The highest BCUT2D eigenvalue weighted by Crippen LogP contribution is 2.31. The van der Waals surface area contributed by atoms with E-state index in [1.807, 2.05) is 103 Å². The molecule has 0 aliphatic carbocycles. The third kappa shape index (κ3) is 7.78. The third-order valence-electron chi connectivity index (χ3n) is 10.6. The minimum absolute atomic E-state index is 0.114. The minimum atomic E-state index is -0.173. The molecule has 0 spiro atoms. The summed E-state index contributed by atoms with van der Waals surface area (Å²) in [5, 5.41) is 14.5. The third-order valence-corrected chi connectivity index (χ3v) is 12.6. The number of benzene rings is 4. The Morgan fingerprint density at radius 1 is 0.632 bits per heavy atom. The summed E-state index contributed by atoms with van der Waals surface area (Å²) in [6.45, 7) is 1.23. The van der Waals surface area contributed by atoms with Gasteiger partial charge < -0.3 is 20.4 Å². The van der Waals surface area contributed by atoms with Crippen molar-refractivity contribution in [3.8, 4) is 22.5 Å². The molecule has 286 valence electrons. The van der Waals surface area contributed by atoms with Crippen LogP contribution < -0.4 is 10.6 Å². The number of thiazole rings is 2. The summed E-state index contributed by atoms with van der Waals surface area (Å²) in [5.74, 6) is -0.515. The van der Waals surface area contributed by atoms with Crippen molar-refractivity contribution in [1.82, 2.24) is 30.0 Å². The standard InChI is InChI=1S/C43H38N8O4S2/c52-38(23-30-7-5-21-50(30)42(54)40-46-32-9-1-3-11-36(32)56-40)44-28-17-13-26(14-18-28)34-25-35(49-48-34)27-15-19-29(20-16-27)45-39(53)24-31-8-6-22-51(31)43(55)41-47-33-10-2-4-12-37(33)57-41/h1-4,9-20,25,30-31H,5-8,21-24H2,(H,44,52)(H,45,53)(H,48,49)/t30-,31-/m0/s1. The molecule has 0 radical (unpaired) electrons. The number of nitrogens with one attached hydrogen (secondary N) is 3. The Hall–Kier alpha value is -6.25. The van der Waals surface area contributed by atoms with Gasteiger partial charge in [0, 0.05) is 55.0 Å². The SMILES string of the molecule is O=C(C[C@@H]1CCCN1C(=O)c1nc2ccccc2s1)Nc1ccc(-c2cc(-c3ccc(NC(=O)C[C@@H]4CCCN4C(=O)c4nc5ccccc5s4)cc3)[nH]n2)cc1. The molecule has 7 aromatic rings. The Bertz CT molecular complexity index is 2370. The predicted octanol–water partition coefficient (Wildman–Crippen LogP) is 8.23. The van der Waals surface area contributed by atoms with Gasteiger partial charge in [-0.25, -0.2) is 9.97 Å². The number of carbonyl (C=O) groups is 4. The van der Waals surface area contributed by atoms with Crippen molar-refractivity contribution in [3.05, 3.63) is 113 Å². The van der Waals surface area contributed by atoms with Gasteiger partial charge >= 0.3 is 0 Å². The fraction of sp³-hybridized carbons (Fsp3) is 0.233. The Morgan fingerprint density at radius 2 is 1.11 bits per heavy atom. The summed E-state index contributed by atoms with van der Waals surface area (Å²) in [5.41, 5.74) is 6.31. The van der Waals surface area contributed by atoms with Gasteiger partial charge in [-0.05, 0) is 85.8 Å². The predicted molar refractivity (Wildman–Crippen MR) is 223 cm³/mol. The summed E-state index contributed by atoms with van der Waals surface area (Å²) in [4.78, 5) is 65.5. The Morgan fingerprint density at radius 3 is 1.60 bits per heavy atom. The van der Waals surface area contributed by atoms with Crippen LogP contribution in [-0.2, 0) is 9.59 Å². The van der Waals surface area contributed by atoms with E-state index in [2.05, 4.69) is 30.8 Å². The second-order valence-corrected chi connectivity index (χ2v) is 16.5. The van der Waals surface area contributed by atoms with Gasteiger partial charge in [-0.15, -0.1) is 22.7 Å². The molecule has 5 heterocycles. The Balaban J connectivity index is 0.768. The molecule has 0 bridgehead atoms. The zero-order chi connectivity index (χ0) is 38.9. The number of aromatic amines is 1. The maximum absolute atomic E-state index is 13.3. The zero-order valence-electron chi connectivity index (χ0n) is 30.8. The molecule has 14 heteroatoms. The molecule has 3 aromatic heterocycles. The molecular weight excluding hydrogens is 757 g/mol. The van der Waals surface area contributed by atoms with E-state index in [9.17, 15) is 19.2 Å². The van der Waals surface area contributed by atoms with Crippen molar-refractivity contribution in [3.63, 3.8) is 0 Å². The molecule has 0 unspecified atom stereocenters. The summed E-state index contributed by atoms with van der Waals surface area (Å²) in [6.07, 6.45) is 3.70. The smallest absolute Gasteiger partial charge is 0.283 e. The number of carbonyl (C=O) groups excluding carboxylic acids is 4. The summed E-state index contributed by atoms with van der Waals surface area (Å²) in [7, 11) is 0. The topological polar surface area (TPSA) is 153 Å². The number of anilines is 2. The summed E-state index contributed by atoms with van der Waals surface area (Å²) in [6, 6.07) is 32.1. The fourth-order valence-electron chi connectivity index (χ4n) is 7.73. The van der Waals surface area contributed by atoms with E-state index in [0.29, 0.717) is 34.5 Å². The van der Waals surface area contributed by atoms with Gasteiger partial charge in [-0.1, -0.05) is 48.5 Å². The van der Waals surface area contributed by atoms with Crippen molar-refractivity contribution in [1.29, 1.82) is 0 Å². The van der Waals surface area contributed by atoms with Crippen LogP contribution in [0.4, 0.5) is 11.4 Å². The average molecular weight is 795 g/mol. The number of para-hydroxylation sites is 2. The highest BCUT2D eigenvalue weighted by atomic mass is 32.1.